The number of rotatable bonds is 3. The fraction of sp³-hybridized carbons (Fsp3) is 0.0526. The monoisotopic (exact) mass is 274 g/mol. The molecule has 0 aliphatic carbocycles. The molecule has 21 heavy (non-hydrogen) atoms. The lowest BCUT2D eigenvalue weighted by Gasteiger charge is -2.28. The van der Waals surface area contributed by atoms with Crippen molar-refractivity contribution in [3.63, 3.8) is 0 Å². The Labute approximate surface area is 125 Å². The van der Waals surface area contributed by atoms with Gasteiger partial charge < -0.3 is 11.5 Å². The fourth-order valence-corrected chi connectivity index (χ4v) is 2.58. The molecule has 0 unspecified atom stereocenters. The van der Waals surface area contributed by atoms with Crippen LogP contribution in [0.1, 0.15) is 11.1 Å². The molecule has 2 heteroatoms. The third-order valence-corrected chi connectivity index (χ3v) is 3.71. The van der Waals surface area contributed by atoms with Crippen LogP contribution in [0.3, 0.4) is 0 Å². The highest BCUT2D eigenvalue weighted by atomic mass is 15.0. The van der Waals surface area contributed by atoms with Crippen LogP contribution in [0, 0.1) is 0 Å². The minimum atomic E-state index is -1.02. The summed E-state index contributed by atoms with van der Waals surface area (Å²) in [4.78, 5) is 0. The van der Waals surface area contributed by atoms with Crippen LogP contribution in [0.4, 0.5) is 0 Å². The van der Waals surface area contributed by atoms with E-state index in [2.05, 4.69) is 18.2 Å². The third-order valence-electron chi connectivity index (χ3n) is 3.71. The minimum absolute atomic E-state index is 0.897. The van der Waals surface area contributed by atoms with Crippen LogP contribution in [0.2, 0.25) is 0 Å². The Balaban J connectivity index is 2.16. The van der Waals surface area contributed by atoms with Gasteiger partial charge in [0.05, 0.1) is 0 Å². The largest absolute Gasteiger partial charge is 0.306 e. The van der Waals surface area contributed by atoms with Gasteiger partial charge in [0.15, 0.2) is 0 Å². The Morgan fingerprint density at radius 3 is 1.76 bits per heavy atom. The molecule has 0 atom stereocenters. The van der Waals surface area contributed by atoms with Crippen molar-refractivity contribution >= 4 is 0 Å². The molecule has 0 fully saturated rings. The van der Waals surface area contributed by atoms with E-state index >= 15 is 0 Å². The molecule has 0 saturated heterocycles. The lowest BCUT2D eigenvalue weighted by molar-refractivity contribution is 0.569. The van der Waals surface area contributed by atoms with E-state index in [-0.39, 0.29) is 0 Å². The molecule has 3 rings (SSSR count). The van der Waals surface area contributed by atoms with Crippen LogP contribution in [0.5, 0.6) is 0 Å². The number of hydrogen-bond donors (Lipinski definition) is 2. The molecule has 0 aliphatic heterocycles. The minimum Gasteiger partial charge on any atom is -0.306 e. The van der Waals surface area contributed by atoms with Crippen molar-refractivity contribution in [2.24, 2.45) is 11.5 Å². The molecular formula is C19H18N2. The predicted molar refractivity (Wildman–Crippen MR) is 87.5 cm³/mol. The highest BCUT2D eigenvalue weighted by Crippen LogP contribution is 2.31. The van der Waals surface area contributed by atoms with Gasteiger partial charge in [0.25, 0.3) is 0 Å². The second-order valence-electron chi connectivity index (χ2n) is 5.15. The molecule has 2 nitrogen and oxygen atoms in total. The van der Waals surface area contributed by atoms with Gasteiger partial charge in [-0.15, -0.1) is 0 Å². The van der Waals surface area contributed by atoms with Gasteiger partial charge in [0.1, 0.15) is 5.66 Å². The topological polar surface area (TPSA) is 52.0 Å². The van der Waals surface area contributed by atoms with E-state index in [0.29, 0.717) is 0 Å². The molecule has 3 aromatic carbocycles. The number of benzene rings is 3. The average molecular weight is 274 g/mol. The zero-order valence-electron chi connectivity index (χ0n) is 11.7. The van der Waals surface area contributed by atoms with E-state index in [9.17, 15) is 0 Å². The molecule has 0 amide bonds. The van der Waals surface area contributed by atoms with Crippen LogP contribution in [0.15, 0.2) is 84.9 Å². The summed E-state index contributed by atoms with van der Waals surface area (Å²) in [6.07, 6.45) is 0. The lowest BCUT2D eigenvalue weighted by atomic mass is 9.87. The quantitative estimate of drug-likeness (QED) is 0.718. The molecule has 0 heterocycles. The Morgan fingerprint density at radius 2 is 1.10 bits per heavy atom. The first-order valence-corrected chi connectivity index (χ1v) is 6.98. The van der Waals surface area contributed by atoms with Crippen molar-refractivity contribution in [3.05, 3.63) is 96.1 Å². The lowest BCUT2D eigenvalue weighted by Crippen LogP contribution is -2.47. The second-order valence-corrected chi connectivity index (χ2v) is 5.15. The summed E-state index contributed by atoms with van der Waals surface area (Å²) in [6.45, 7) is 0. The molecule has 3 aromatic rings. The first kappa shape index (κ1) is 13.6. The molecule has 0 saturated carbocycles. The smallest absolute Gasteiger partial charge is 0.117 e. The van der Waals surface area contributed by atoms with Crippen LogP contribution >= 0.6 is 0 Å². The Bertz CT molecular complexity index is 719. The van der Waals surface area contributed by atoms with Crippen LogP contribution in [0.25, 0.3) is 11.1 Å². The first-order valence-electron chi connectivity index (χ1n) is 6.98. The van der Waals surface area contributed by atoms with Crippen molar-refractivity contribution < 1.29 is 0 Å². The zero-order chi connectivity index (χ0) is 14.7. The van der Waals surface area contributed by atoms with E-state index in [4.69, 9.17) is 11.5 Å². The van der Waals surface area contributed by atoms with Gasteiger partial charge in [-0.05, 0) is 22.3 Å². The molecule has 0 bridgehead atoms. The molecule has 0 spiro atoms. The van der Waals surface area contributed by atoms with Crippen molar-refractivity contribution in [1.82, 2.24) is 0 Å². The van der Waals surface area contributed by atoms with Crippen molar-refractivity contribution in [1.29, 1.82) is 0 Å². The second kappa shape index (κ2) is 5.52. The first-order chi connectivity index (χ1) is 10.2. The average Bonchev–Trinajstić information content (AvgIpc) is 2.56. The number of hydrogen-bond acceptors (Lipinski definition) is 2. The highest BCUT2D eigenvalue weighted by Gasteiger charge is 2.27. The maximum Gasteiger partial charge on any atom is 0.117 e. The van der Waals surface area contributed by atoms with Gasteiger partial charge >= 0.3 is 0 Å². The number of nitrogens with two attached hydrogens (primary N) is 2. The van der Waals surface area contributed by atoms with E-state index < -0.39 is 5.66 Å². The van der Waals surface area contributed by atoms with Crippen LogP contribution < -0.4 is 11.5 Å². The molecule has 0 aromatic heterocycles. The summed E-state index contributed by atoms with van der Waals surface area (Å²) < 4.78 is 0. The maximum atomic E-state index is 6.48. The van der Waals surface area contributed by atoms with Gasteiger partial charge in [-0.3, -0.25) is 0 Å². The summed E-state index contributed by atoms with van der Waals surface area (Å²) in [5.41, 5.74) is 15.9. The van der Waals surface area contributed by atoms with E-state index in [0.717, 1.165) is 22.3 Å². The zero-order valence-corrected chi connectivity index (χ0v) is 11.7. The summed E-state index contributed by atoms with van der Waals surface area (Å²) in [7, 11) is 0. The molecular weight excluding hydrogens is 256 g/mol. The Morgan fingerprint density at radius 1 is 0.571 bits per heavy atom. The SMILES string of the molecule is NC(N)(c1ccccc1)c1ccccc1-c1ccccc1. The van der Waals surface area contributed by atoms with Gasteiger partial charge in [0.2, 0.25) is 0 Å². The van der Waals surface area contributed by atoms with Crippen LogP contribution in [-0.2, 0) is 5.66 Å². The summed E-state index contributed by atoms with van der Waals surface area (Å²) in [5, 5.41) is 0. The highest BCUT2D eigenvalue weighted by molar-refractivity contribution is 5.69. The van der Waals surface area contributed by atoms with E-state index in [1.807, 2.05) is 66.7 Å². The van der Waals surface area contributed by atoms with E-state index in [1.165, 1.54) is 0 Å². The molecule has 4 N–H and O–H groups in total. The van der Waals surface area contributed by atoms with Crippen molar-refractivity contribution in [2.45, 2.75) is 5.66 Å². The summed E-state index contributed by atoms with van der Waals surface area (Å²) >= 11 is 0. The summed E-state index contributed by atoms with van der Waals surface area (Å²) in [5.74, 6) is 0. The maximum absolute atomic E-state index is 6.48. The Hall–Kier alpha value is -2.42. The predicted octanol–water partition coefficient (Wildman–Crippen LogP) is 3.47. The molecule has 0 radical (unpaired) electrons. The van der Waals surface area contributed by atoms with Gasteiger partial charge in [-0.2, -0.15) is 0 Å². The fourth-order valence-electron chi connectivity index (χ4n) is 2.58. The molecule has 104 valence electrons. The van der Waals surface area contributed by atoms with Gasteiger partial charge in [0, 0.05) is 0 Å². The van der Waals surface area contributed by atoms with Gasteiger partial charge in [-0.25, -0.2) is 0 Å². The normalized spacial score (nSPS) is 11.3. The molecule has 0 aliphatic rings. The van der Waals surface area contributed by atoms with Gasteiger partial charge in [-0.1, -0.05) is 84.9 Å². The summed E-state index contributed by atoms with van der Waals surface area (Å²) in [6, 6.07) is 28.0. The third kappa shape index (κ3) is 2.59. The standard InChI is InChI=1S/C19H18N2/c20-19(21,16-11-5-2-6-12-16)18-14-8-7-13-17(18)15-9-3-1-4-10-15/h1-14H,20-21H2. The van der Waals surface area contributed by atoms with Crippen LogP contribution in [-0.4, -0.2) is 0 Å². The van der Waals surface area contributed by atoms with Crippen molar-refractivity contribution in [2.75, 3.05) is 0 Å². The van der Waals surface area contributed by atoms with E-state index in [1.54, 1.807) is 0 Å². The Kier molecular flexibility index (Phi) is 3.57. The van der Waals surface area contributed by atoms with Crippen molar-refractivity contribution in [3.8, 4) is 11.1 Å².